The van der Waals surface area contributed by atoms with E-state index in [1.54, 1.807) is 0 Å². The van der Waals surface area contributed by atoms with Gasteiger partial charge in [0.15, 0.2) is 0 Å². The van der Waals surface area contributed by atoms with E-state index in [9.17, 15) is 0 Å². The molecule has 0 bridgehead atoms. The van der Waals surface area contributed by atoms with Gasteiger partial charge < -0.3 is 0 Å². The molecule has 0 aromatic heterocycles. The number of hydrogen-bond donors (Lipinski definition) is 0. The zero-order valence-electron chi connectivity index (χ0n) is 27.9. The Kier molecular flexibility index (Phi) is 40.3. The molecule has 0 radical (unpaired) electrons. The first-order valence-corrected chi connectivity index (χ1v) is 14.1. The summed E-state index contributed by atoms with van der Waals surface area (Å²) < 4.78 is 0. The van der Waals surface area contributed by atoms with Crippen molar-refractivity contribution in [1.29, 1.82) is 0 Å². The van der Waals surface area contributed by atoms with Gasteiger partial charge in [0.25, 0.3) is 0 Å². The number of benzene rings is 1. The lowest BCUT2D eigenvalue weighted by Crippen LogP contribution is -2.05. The molecular weight excluding hydrogens is 408 g/mol. The van der Waals surface area contributed by atoms with Crippen molar-refractivity contribution in [3.63, 3.8) is 0 Å². The third-order valence-corrected chi connectivity index (χ3v) is 5.53. The van der Waals surface area contributed by atoms with E-state index < -0.39 is 0 Å². The molecule has 1 rings (SSSR count). The van der Waals surface area contributed by atoms with Crippen molar-refractivity contribution in [2.45, 2.75) is 151 Å². The van der Waals surface area contributed by atoms with E-state index in [1.807, 2.05) is 62.3 Å². The van der Waals surface area contributed by atoms with Gasteiger partial charge in [-0.15, -0.1) is 0 Å². The fourth-order valence-corrected chi connectivity index (χ4v) is 1.69. The van der Waals surface area contributed by atoms with Gasteiger partial charge in [0.1, 0.15) is 0 Å². The predicted molar refractivity (Wildman–Crippen MR) is 169 cm³/mol. The maximum absolute atomic E-state index is 3.90. The quantitative estimate of drug-likeness (QED) is 0.379. The van der Waals surface area contributed by atoms with E-state index >= 15 is 0 Å². The Morgan fingerprint density at radius 3 is 1.24 bits per heavy atom. The monoisotopic (exact) mass is 479 g/mol. The maximum atomic E-state index is 3.90. The normalized spacial score (nSPS) is 9.71. The van der Waals surface area contributed by atoms with Crippen LogP contribution >= 0.6 is 0 Å². The Morgan fingerprint density at radius 1 is 0.735 bits per heavy atom. The van der Waals surface area contributed by atoms with E-state index in [0.717, 1.165) is 5.57 Å². The van der Waals surface area contributed by atoms with Gasteiger partial charge in [-0.05, 0) is 62.1 Å². The molecule has 0 aliphatic heterocycles. The van der Waals surface area contributed by atoms with Crippen molar-refractivity contribution >= 4 is 5.57 Å². The summed E-state index contributed by atoms with van der Waals surface area (Å²) in [6, 6.07) is 6.43. The van der Waals surface area contributed by atoms with Gasteiger partial charge in [-0.2, -0.15) is 0 Å². The average Bonchev–Trinajstić information content (AvgIpc) is 2.85. The second-order valence-electron chi connectivity index (χ2n) is 9.17. The van der Waals surface area contributed by atoms with E-state index in [-0.39, 0.29) is 0 Å². The van der Waals surface area contributed by atoms with Crippen LogP contribution in [-0.4, -0.2) is 0 Å². The summed E-state index contributed by atoms with van der Waals surface area (Å²) in [6.07, 6.45) is 4.76. The van der Waals surface area contributed by atoms with Crippen LogP contribution in [0.15, 0.2) is 36.4 Å². The molecule has 0 nitrogen and oxygen atoms in total. The van der Waals surface area contributed by atoms with E-state index in [2.05, 4.69) is 107 Å². The van der Waals surface area contributed by atoms with Gasteiger partial charge in [-0.1, -0.05) is 159 Å². The predicted octanol–water partition coefficient (Wildman–Crippen LogP) is 13.3. The van der Waals surface area contributed by atoms with Crippen molar-refractivity contribution in [3.05, 3.63) is 53.1 Å². The highest BCUT2D eigenvalue weighted by atomic mass is 14.2. The third-order valence-electron chi connectivity index (χ3n) is 5.53. The zero-order valence-corrected chi connectivity index (χ0v) is 27.9. The van der Waals surface area contributed by atoms with Crippen LogP contribution in [-0.2, 0) is 0 Å². The molecule has 0 saturated carbocycles. The largest absolute Gasteiger partial charge is 0.0955 e. The van der Waals surface area contributed by atoms with E-state index in [1.165, 1.54) is 35.1 Å². The Morgan fingerprint density at radius 2 is 1.09 bits per heavy atom. The van der Waals surface area contributed by atoms with Crippen LogP contribution in [0.1, 0.15) is 154 Å². The molecule has 0 heterocycles. The fraction of sp³-hybridized carbons (Fsp3) is 0.706. The summed E-state index contributed by atoms with van der Waals surface area (Å²) in [5.74, 6) is 0. The van der Waals surface area contributed by atoms with E-state index in [0.29, 0.717) is 10.8 Å². The summed E-state index contributed by atoms with van der Waals surface area (Å²) >= 11 is 0. The lowest BCUT2D eigenvalue weighted by Gasteiger charge is -2.18. The standard InChI is InChI=1S/C11H14.C8H16.C7H16.4C2H6/c1-8(2)11-6-5-9(3)10(4)7-11;1-6-7(2)8(3,4)5;1-5-7(3,4)6-2;4*1-2/h5-7H,1H2,2-4H3;6H,1-5H3;5-6H2,1-4H3;4*1-2H3/b;7-6-;;;;;. The molecule has 0 saturated heterocycles. The van der Waals surface area contributed by atoms with Crippen molar-refractivity contribution in [2.75, 3.05) is 0 Å². The molecule has 0 N–H and O–H groups in total. The first-order chi connectivity index (χ1) is 15.7. The molecule has 0 aliphatic rings. The molecule has 0 fully saturated rings. The molecular formula is C34H70. The van der Waals surface area contributed by atoms with Gasteiger partial charge in [0.2, 0.25) is 0 Å². The molecule has 0 atom stereocenters. The SMILES string of the molecule is C/C=C(/C)C(C)(C)C.C=C(C)c1ccc(C)c(C)c1.CC.CC.CC.CC.CCC(C)(C)CC. The van der Waals surface area contributed by atoms with Crippen LogP contribution in [0.25, 0.3) is 5.57 Å². The molecule has 0 aliphatic carbocycles. The molecule has 34 heavy (non-hydrogen) atoms. The zero-order chi connectivity index (χ0) is 29.1. The van der Waals surface area contributed by atoms with Gasteiger partial charge in [-0.25, -0.2) is 0 Å². The summed E-state index contributed by atoms with van der Waals surface area (Å²) in [5.41, 5.74) is 7.47. The van der Waals surface area contributed by atoms with Crippen molar-refractivity contribution in [1.82, 2.24) is 0 Å². The minimum absolute atomic E-state index is 0.370. The van der Waals surface area contributed by atoms with Gasteiger partial charge in [-0.3, -0.25) is 0 Å². The smallest absolute Gasteiger partial charge is 0.0176 e. The van der Waals surface area contributed by atoms with Gasteiger partial charge in [0.05, 0.1) is 0 Å². The lowest BCUT2D eigenvalue weighted by molar-refractivity contribution is 0.338. The fourth-order valence-electron chi connectivity index (χ4n) is 1.69. The summed E-state index contributed by atoms with van der Waals surface area (Å²) in [6.45, 7) is 46.2. The van der Waals surface area contributed by atoms with Crippen molar-refractivity contribution < 1.29 is 0 Å². The highest BCUT2D eigenvalue weighted by Gasteiger charge is 2.10. The highest BCUT2D eigenvalue weighted by molar-refractivity contribution is 5.62. The topological polar surface area (TPSA) is 0 Å². The van der Waals surface area contributed by atoms with Gasteiger partial charge in [0, 0.05) is 0 Å². The first kappa shape index (κ1) is 46.1. The Balaban J connectivity index is -0.0000000766. The van der Waals surface area contributed by atoms with Crippen LogP contribution in [0.2, 0.25) is 0 Å². The van der Waals surface area contributed by atoms with Crippen LogP contribution in [0, 0.1) is 24.7 Å². The number of hydrogen-bond acceptors (Lipinski definition) is 0. The van der Waals surface area contributed by atoms with Crippen LogP contribution < -0.4 is 0 Å². The van der Waals surface area contributed by atoms with E-state index in [4.69, 9.17) is 0 Å². The Labute approximate surface area is 220 Å². The minimum atomic E-state index is 0.370. The van der Waals surface area contributed by atoms with Crippen LogP contribution in [0.3, 0.4) is 0 Å². The van der Waals surface area contributed by atoms with Crippen molar-refractivity contribution in [3.8, 4) is 0 Å². The number of rotatable bonds is 3. The first-order valence-electron chi connectivity index (χ1n) is 14.1. The number of aryl methyl sites for hydroxylation is 2. The van der Waals surface area contributed by atoms with Gasteiger partial charge >= 0.3 is 0 Å². The van der Waals surface area contributed by atoms with Crippen LogP contribution in [0.5, 0.6) is 0 Å². The van der Waals surface area contributed by atoms with Crippen molar-refractivity contribution in [2.24, 2.45) is 10.8 Å². The average molecular weight is 479 g/mol. The minimum Gasteiger partial charge on any atom is -0.0955 e. The van der Waals surface area contributed by atoms with Crippen LogP contribution in [0.4, 0.5) is 0 Å². The molecule has 0 unspecified atom stereocenters. The second kappa shape index (κ2) is 29.7. The lowest BCUT2D eigenvalue weighted by atomic mass is 9.88. The molecule has 0 heteroatoms. The molecule has 206 valence electrons. The molecule has 0 amide bonds. The number of allylic oxidation sites excluding steroid dienone is 3. The molecule has 1 aromatic carbocycles. The Hall–Kier alpha value is -1.30. The molecule has 1 aromatic rings. The summed E-state index contributed by atoms with van der Waals surface area (Å²) in [5, 5.41) is 0. The summed E-state index contributed by atoms with van der Waals surface area (Å²) in [4.78, 5) is 0. The Bertz CT molecular complexity index is 556. The third kappa shape index (κ3) is 30.7. The second-order valence-corrected chi connectivity index (χ2v) is 9.17. The highest BCUT2D eigenvalue weighted by Crippen LogP contribution is 2.23. The molecule has 0 spiro atoms. The summed E-state index contributed by atoms with van der Waals surface area (Å²) in [7, 11) is 0. The maximum Gasteiger partial charge on any atom is -0.0176 e.